The van der Waals surface area contributed by atoms with Crippen LogP contribution in [0.4, 0.5) is 0 Å². The lowest BCUT2D eigenvalue weighted by molar-refractivity contribution is -0.204. The molecule has 130 valence electrons. The van der Waals surface area contributed by atoms with Crippen molar-refractivity contribution in [3.8, 4) is 0 Å². The second-order valence-corrected chi connectivity index (χ2v) is 6.05. The second kappa shape index (κ2) is 9.42. The lowest BCUT2D eigenvalue weighted by Gasteiger charge is -2.43. The van der Waals surface area contributed by atoms with Gasteiger partial charge in [-0.1, -0.05) is 26.2 Å². The largest absolute Gasteiger partial charge is 0.394 e. The zero-order valence-electron chi connectivity index (χ0n) is 13.7. The first-order valence-electron chi connectivity index (χ1n) is 8.06. The van der Waals surface area contributed by atoms with E-state index in [1.165, 1.54) is 6.92 Å². The second-order valence-electron chi connectivity index (χ2n) is 6.05. The van der Waals surface area contributed by atoms with E-state index >= 15 is 0 Å². The highest BCUT2D eigenvalue weighted by Gasteiger charge is 2.44. The molecule has 1 amide bonds. The molecule has 0 aromatic rings. The number of carbonyl (C=O) groups is 1. The van der Waals surface area contributed by atoms with Gasteiger partial charge in [0.05, 0.1) is 12.6 Å². The summed E-state index contributed by atoms with van der Waals surface area (Å²) in [6, 6.07) is -0.626. The number of ether oxygens (including phenoxy) is 1. The van der Waals surface area contributed by atoms with Crippen LogP contribution in [0.1, 0.15) is 46.5 Å². The van der Waals surface area contributed by atoms with Crippen molar-refractivity contribution < 1.29 is 24.9 Å². The van der Waals surface area contributed by atoms with Gasteiger partial charge in [-0.05, 0) is 13.3 Å². The van der Waals surface area contributed by atoms with Gasteiger partial charge in [-0.15, -0.1) is 0 Å². The van der Waals surface area contributed by atoms with Crippen LogP contribution in [-0.2, 0) is 9.53 Å². The minimum atomic E-state index is -1.24. The molecule has 7 heteroatoms. The molecular formula is C15H30N2O5. The van der Waals surface area contributed by atoms with E-state index in [0.29, 0.717) is 0 Å². The number of nitrogens with one attached hydrogen (secondary N) is 2. The fraction of sp³-hybridized carbons (Fsp3) is 0.933. The zero-order valence-corrected chi connectivity index (χ0v) is 13.7. The van der Waals surface area contributed by atoms with E-state index < -0.39 is 37.2 Å². The molecule has 7 nitrogen and oxygen atoms in total. The quantitative estimate of drug-likeness (QED) is 0.386. The predicted molar refractivity (Wildman–Crippen MR) is 82.1 cm³/mol. The van der Waals surface area contributed by atoms with Crippen molar-refractivity contribution in [3.63, 3.8) is 0 Å². The number of hydrogen-bond acceptors (Lipinski definition) is 6. The van der Waals surface area contributed by atoms with Gasteiger partial charge in [0.2, 0.25) is 5.91 Å². The van der Waals surface area contributed by atoms with Gasteiger partial charge in [-0.25, -0.2) is 0 Å². The summed E-state index contributed by atoms with van der Waals surface area (Å²) in [5.41, 5.74) is 0. The Kier molecular flexibility index (Phi) is 8.27. The van der Waals surface area contributed by atoms with Gasteiger partial charge in [0, 0.05) is 13.0 Å². The third-order valence-corrected chi connectivity index (χ3v) is 3.99. The first kappa shape index (κ1) is 19.3. The van der Waals surface area contributed by atoms with Gasteiger partial charge >= 0.3 is 0 Å². The van der Waals surface area contributed by atoms with E-state index in [2.05, 4.69) is 17.6 Å². The highest BCUT2D eigenvalue weighted by molar-refractivity contribution is 5.73. The molecule has 1 heterocycles. The maximum absolute atomic E-state index is 11.3. The molecule has 0 aromatic heterocycles. The Morgan fingerprint density at radius 1 is 1.27 bits per heavy atom. The lowest BCUT2D eigenvalue weighted by atomic mass is 9.95. The van der Waals surface area contributed by atoms with Crippen LogP contribution in [0.25, 0.3) is 0 Å². The Morgan fingerprint density at radius 3 is 2.50 bits per heavy atom. The highest BCUT2D eigenvalue weighted by Crippen LogP contribution is 2.21. The molecule has 22 heavy (non-hydrogen) atoms. The molecule has 1 saturated heterocycles. The zero-order chi connectivity index (χ0) is 16.7. The van der Waals surface area contributed by atoms with Crippen molar-refractivity contribution in [2.24, 2.45) is 0 Å². The Hall–Kier alpha value is -0.730. The van der Waals surface area contributed by atoms with Gasteiger partial charge in [-0.2, -0.15) is 0 Å². The summed E-state index contributed by atoms with van der Waals surface area (Å²) in [6.45, 7) is 5.10. The number of amides is 1. The Balaban J connectivity index is 2.70. The summed E-state index contributed by atoms with van der Waals surface area (Å²) in [5, 5.41) is 35.2. The maximum atomic E-state index is 11.3. The number of aliphatic hydroxyl groups excluding tert-OH is 3. The molecule has 1 aliphatic heterocycles. The van der Waals surface area contributed by atoms with E-state index in [4.69, 9.17) is 4.74 Å². The van der Waals surface area contributed by atoms with Crippen molar-refractivity contribution >= 4 is 5.91 Å². The number of aliphatic hydroxyl groups is 3. The van der Waals surface area contributed by atoms with E-state index in [1.807, 2.05) is 6.92 Å². The van der Waals surface area contributed by atoms with Crippen LogP contribution in [0.3, 0.4) is 0 Å². The van der Waals surface area contributed by atoms with Crippen molar-refractivity contribution in [1.29, 1.82) is 0 Å². The van der Waals surface area contributed by atoms with Gasteiger partial charge in [0.15, 0.2) is 0 Å². The van der Waals surface area contributed by atoms with Crippen LogP contribution in [0.2, 0.25) is 0 Å². The molecule has 0 bridgehead atoms. The van der Waals surface area contributed by atoms with Crippen molar-refractivity contribution in [1.82, 2.24) is 10.6 Å². The molecule has 5 N–H and O–H groups in total. The molecule has 1 aliphatic rings. The first-order valence-corrected chi connectivity index (χ1v) is 8.06. The molecule has 6 unspecified atom stereocenters. The molecule has 0 spiro atoms. The summed E-state index contributed by atoms with van der Waals surface area (Å²) >= 11 is 0. The summed E-state index contributed by atoms with van der Waals surface area (Å²) in [7, 11) is 0. The van der Waals surface area contributed by atoms with Crippen LogP contribution < -0.4 is 10.6 Å². The third kappa shape index (κ3) is 5.48. The fourth-order valence-corrected chi connectivity index (χ4v) is 2.72. The molecule has 0 aliphatic carbocycles. The molecule has 0 radical (unpaired) electrons. The smallest absolute Gasteiger partial charge is 0.217 e. The van der Waals surface area contributed by atoms with E-state index in [9.17, 15) is 20.1 Å². The number of rotatable bonds is 8. The van der Waals surface area contributed by atoms with Crippen LogP contribution >= 0.6 is 0 Å². The van der Waals surface area contributed by atoms with E-state index in [1.54, 1.807) is 0 Å². The average molecular weight is 318 g/mol. The highest BCUT2D eigenvalue weighted by atomic mass is 16.5. The van der Waals surface area contributed by atoms with Gasteiger partial charge in [0.25, 0.3) is 0 Å². The van der Waals surface area contributed by atoms with Crippen molar-refractivity contribution in [2.75, 3.05) is 6.61 Å². The minimum Gasteiger partial charge on any atom is -0.394 e. The van der Waals surface area contributed by atoms with Crippen LogP contribution in [0.5, 0.6) is 0 Å². The minimum absolute atomic E-state index is 0.134. The number of unbranched alkanes of at least 4 members (excludes halogenated alkanes) is 2. The van der Waals surface area contributed by atoms with Gasteiger partial charge in [-0.3, -0.25) is 10.1 Å². The van der Waals surface area contributed by atoms with Gasteiger partial charge in [0.1, 0.15) is 24.5 Å². The Bertz CT molecular complexity index is 342. The first-order chi connectivity index (χ1) is 10.4. The van der Waals surface area contributed by atoms with Crippen LogP contribution in [0, 0.1) is 0 Å². The number of hydrogen-bond donors (Lipinski definition) is 5. The SMILES string of the molecule is CCCCCC(C)NC1OC(CO)C(O)C(O)C1NC(C)=O. The number of carbonyl (C=O) groups excluding carboxylic acids is 1. The standard InChI is InChI=1S/C15H30N2O5/c1-4-5-6-7-9(2)16-15-12(17-10(3)19)14(21)13(20)11(8-18)22-15/h9,11-16,18,20-21H,4-8H2,1-3H3,(H,17,19). The fourth-order valence-electron chi connectivity index (χ4n) is 2.72. The van der Waals surface area contributed by atoms with E-state index in [0.717, 1.165) is 25.7 Å². The van der Waals surface area contributed by atoms with E-state index in [-0.39, 0.29) is 11.9 Å². The van der Waals surface area contributed by atoms with Crippen molar-refractivity contribution in [2.45, 2.75) is 83.1 Å². The van der Waals surface area contributed by atoms with Crippen LogP contribution in [0.15, 0.2) is 0 Å². The average Bonchev–Trinajstić information content (AvgIpc) is 2.46. The summed E-state index contributed by atoms with van der Waals surface area (Å²) < 4.78 is 5.62. The molecular weight excluding hydrogens is 288 g/mol. The normalized spacial score (nSPS) is 33.5. The summed E-state index contributed by atoms with van der Waals surface area (Å²) in [5.74, 6) is -0.312. The Morgan fingerprint density at radius 2 is 1.95 bits per heavy atom. The lowest BCUT2D eigenvalue weighted by Crippen LogP contribution is -2.68. The molecule has 1 fully saturated rings. The molecule has 6 atom stereocenters. The van der Waals surface area contributed by atoms with Gasteiger partial charge < -0.3 is 25.4 Å². The maximum Gasteiger partial charge on any atom is 0.217 e. The predicted octanol–water partition coefficient (Wildman–Crippen LogP) is -0.511. The summed E-state index contributed by atoms with van der Waals surface area (Å²) in [4.78, 5) is 11.3. The monoisotopic (exact) mass is 318 g/mol. The Labute approximate surface area is 132 Å². The molecule has 1 rings (SSSR count). The topological polar surface area (TPSA) is 111 Å². The van der Waals surface area contributed by atoms with Crippen LogP contribution in [-0.4, -0.2) is 64.5 Å². The molecule has 0 aromatic carbocycles. The third-order valence-electron chi connectivity index (χ3n) is 3.99. The summed E-state index contributed by atoms with van der Waals surface area (Å²) in [6.07, 6.45) is 0.341. The van der Waals surface area contributed by atoms with Crippen molar-refractivity contribution in [3.05, 3.63) is 0 Å². The molecule has 0 saturated carbocycles.